The molecule has 0 aliphatic carbocycles. The Labute approximate surface area is 177 Å². The summed E-state index contributed by atoms with van der Waals surface area (Å²) in [5.41, 5.74) is 5.93. The fourth-order valence-corrected chi connectivity index (χ4v) is 3.04. The van der Waals surface area contributed by atoms with Gasteiger partial charge in [0.15, 0.2) is 0 Å². The maximum absolute atomic E-state index is 12.7. The average Bonchev–Trinajstić information content (AvgIpc) is 2.72. The molecule has 3 atom stereocenters. The SMILES string of the molecule is COCCCOc1ccccc1C(=O)NCC(CC(NC(=O)O)[C@@H](O)CN)C(C)C. The topological polar surface area (TPSA) is 143 Å². The number of carboxylic acid groups (broad SMARTS) is 1. The monoisotopic (exact) mass is 425 g/mol. The minimum atomic E-state index is -1.22. The summed E-state index contributed by atoms with van der Waals surface area (Å²) >= 11 is 0. The molecule has 0 saturated heterocycles. The predicted molar refractivity (Wildman–Crippen MR) is 114 cm³/mol. The molecule has 2 amide bonds. The second-order valence-corrected chi connectivity index (χ2v) is 7.50. The summed E-state index contributed by atoms with van der Waals surface area (Å²) in [6.07, 6.45) is -1.17. The van der Waals surface area contributed by atoms with Gasteiger partial charge in [-0.05, 0) is 30.4 Å². The van der Waals surface area contributed by atoms with E-state index in [2.05, 4.69) is 10.6 Å². The van der Waals surface area contributed by atoms with Crippen molar-refractivity contribution in [1.29, 1.82) is 0 Å². The van der Waals surface area contributed by atoms with Crippen molar-refractivity contribution < 1.29 is 29.3 Å². The molecule has 1 rings (SSSR count). The minimum absolute atomic E-state index is 0.0596. The molecule has 0 saturated carbocycles. The quantitative estimate of drug-likeness (QED) is 0.284. The molecule has 0 bridgehead atoms. The van der Waals surface area contributed by atoms with Gasteiger partial charge in [0.2, 0.25) is 0 Å². The third-order valence-electron chi connectivity index (χ3n) is 4.92. The third-order valence-corrected chi connectivity index (χ3v) is 4.92. The summed E-state index contributed by atoms with van der Waals surface area (Å²) in [4.78, 5) is 23.8. The highest BCUT2D eigenvalue weighted by molar-refractivity contribution is 5.96. The van der Waals surface area contributed by atoms with Crippen molar-refractivity contribution in [2.75, 3.05) is 33.4 Å². The molecule has 1 aromatic carbocycles. The van der Waals surface area contributed by atoms with Crippen LogP contribution in [0.5, 0.6) is 5.75 Å². The zero-order valence-electron chi connectivity index (χ0n) is 18.0. The molecule has 30 heavy (non-hydrogen) atoms. The lowest BCUT2D eigenvalue weighted by molar-refractivity contribution is 0.0913. The number of hydrogen-bond acceptors (Lipinski definition) is 6. The predicted octanol–water partition coefficient (Wildman–Crippen LogP) is 1.45. The van der Waals surface area contributed by atoms with Gasteiger partial charge in [-0.2, -0.15) is 0 Å². The van der Waals surface area contributed by atoms with Crippen molar-refractivity contribution in [3.8, 4) is 5.75 Å². The zero-order valence-corrected chi connectivity index (χ0v) is 18.0. The summed E-state index contributed by atoms with van der Waals surface area (Å²) in [6.45, 7) is 5.24. The zero-order chi connectivity index (χ0) is 22.5. The maximum atomic E-state index is 12.7. The normalized spacial score (nSPS) is 14.1. The van der Waals surface area contributed by atoms with Gasteiger partial charge in [-0.15, -0.1) is 0 Å². The molecule has 170 valence electrons. The summed E-state index contributed by atoms with van der Waals surface area (Å²) in [5, 5.41) is 24.3. The number of amides is 2. The number of methoxy groups -OCH3 is 1. The first-order chi connectivity index (χ1) is 14.3. The number of benzene rings is 1. The van der Waals surface area contributed by atoms with E-state index < -0.39 is 18.2 Å². The van der Waals surface area contributed by atoms with Crippen LogP contribution >= 0.6 is 0 Å². The van der Waals surface area contributed by atoms with Gasteiger partial charge in [-0.1, -0.05) is 26.0 Å². The van der Waals surface area contributed by atoms with E-state index in [1.165, 1.54) is 0 Å². The molecular weight excluding hydrogens is 390 g/mol. The first-order valence-corrected chi connectivity index (χ1v) is 10.2. The van der Waals surface area contributed by atoms with Gasteiger partial charge in [0.25, 0.3) is 5.91 Å². The molecule has 0 aliphatic rings. The van der Waals surface area contributed by atoms with Crippen molar-refractivity contribution in [3.05, 3.63) is 29.8 Å². The highest BCUT2D eigenvalue weighted by Crippen LogP contribution is 2.21. The second-order valence-electron chi connectivity index (χ2n) is 7.50. The molecule has 1 aromatic rings. The van der Waals surface area contributed by atoms with Gasteiger partial charge in [0.05, 0.1) is 24.3 Å². The van der Waals surface area contributed by atoms with E-state index in [1.807, 2.05) is 13.8 Å². The van der Waals surface area contributed by atoms with Crippen molar-refractivity contribution in [2.24, 2.45) is 17.6 Å². The fourth-order valence-electron chi connectivity index (χ4n) is 3.04. The lowest BCUT2D eigenvalue weighted by Crippen LogP contribution is -2.48. The molecule has 0 fully saturated rings. The highest BCUT2D eigenvalue weighted by atomic mass is 16.5. The second kappa shape index (κ2) is 13.8. The Bertz CT molecular complexity index is 655. The van der Waals surface area contributed by atoms with Crippen LogP contribution in [0.3, 0.4) is 0 Å². The Morgan fingerprint density at radius 2 is 1.90 bits per heavy atom. The number of carbonyl (C=O) groups excluding carboxylic acids is 1. The van der Waals surface area contributed by atoms with Gasteiger partial charge >= 0.3 is 6.09 Å². The Kier molecular flexibility index (Phi) is 11.8. The van der Waals surface area contributed by atoms with Crippen LogP contribution in [0.2, 0.25) is 0 Å². The first kappa shape index (κ1) is 25.7. The molecule has 0 aliphatic heterocycles. The summed E-state index contributed by atoms with van der Waals surface area (Å²) in [5.74, 6) is 0.303. The Morgan fingerprint density at radius 3 is 2.50 bits per heavy atom. The van der Waals surface area contributed by atoms with E-state index in [0.29, 0.717) is 43.9 Å². The largest absolute Gasteiger partial charge is 0.493 e. The number of aliphatic hydroxyl groups is 1. The lowest BCUT2D eigenvalue weighted by Gasteiger charge is -2.29. The van der Waals surface area contributed by atoms with Crippen LogP contribution in [0.15, 0.2) is 24.3 Å². The number of para-hydroxylation sites is 1. The van der Waals surface area contributed by atoms with Crippen LogP contribution < -0.4 is 21.1 Å². The van der Waals surface area contributed by atoms with E-state index in [0.717, 1.165) is 0 Å². The summed E-state index contributed by atoms with van der Waals surface area (Å²) in [7, 11) is 1.62. The average molecular weight is 426 g/mol. The molecule has 0 radical (unpaired) electrons. The Morgan fingerprint density at radius 1 is 1.20 bits per heavy atom. The maximum Gasteiger partial charge on any atom is 0.404 e. The van der Waals surface area contributed by atoms with Crippen molar-refractivity contribution in [3.63, 3.8) is 0 Å². The molecule has 0 spiro atoms. The standard InChI is InChI=1S/C21H35N3O6/c1-14(2)15(11-17(18(25)12-22)24-21(27)28)13-23-20(26)16-7-4-5-8-19(16)30-10-6-9-29-3/h4-5,7-8,14-15,17-18,24-25H,6,9-13,22H2,1-3H3,(H,23,26)(H,27,28)/t15?,17?,18-/m0/s1. The Balaban J connectivity index is 2.76. The molecule has 0 aromatic heterocycles. The minimum Gasteiger partial charge on any atom is -0.493 e. The number of ether oxygens (including phenoxy) is 2. The van der Waals surface area contributed by atoms with Gasteiger partial charge < -0.3 is 36.1 Å². The van der Waals surface area contributed by atoms with Crippen LogP contribution in [0.1, 0.15) is 37.0 Å². The van der Waals surface area contributed by atoms with E-state index >= 15 is 0 Å². The van der Waals surface area contributed by atoms with Crippen LogP contribution in [0.25, 0.3) is 0 Å². The highest BCUT2D eigenvalue weighted by Gasteiger charge is 2.26. The van der Waals surface area contributed by atoms with Gasteiger partial charge in [-0.3, -0.25) is 4.79 Å². The van der Waals surface area contributed by atoms with E-state index in [-0.39, 0.29) is 24.3 Å². The summed E-state index contributed by atoms with van der Waals surface area (Å²) in [6, 6.07) is 6.29. The number of rotatable bonds is 14. The summed E-state index contributed by atoms with van der Waals surface area (Å²) < 4.78 is 10.7. The van der Waals surface area contributed by atoms with E-state index in [4.69, 9.17) is 20.3 Å². The molecule has 0 heterocycles. The Hall–Kier alpha value is -2.36. The lowest BCUT2D eigenvalue weighted by atomic mass is 9.87. The molecule has 9 nitrogen and oxygen atoms in total. The first-order valence-electron chi connectivity index (χ1n) is 10.2. The molecular formula is C21H35N3O6. The van der Waals surface area contributed by atoms with Crippen molar-refractivity contribution >= 4 is 12.0 Å². The van der Waals surface area contributed by atoms with Gasteiger partial charge in [0.1, 0.15) is 5.75 Å². The molecule has 6 N–H and O–H groups in total. The van der Waals surface area contributed by atoms with Crippen molar-refractivity contribution in [1.82, 2.24) is 10.6 Å². The number of nitrogens with two attached hydrogens (primary N) is 1. The number of hydrogen-bond donors (Lipinski definition) is 5. The molecule has 9 heteroatoms. The van der Waals surface area contributed by atoms with Crippen LogP contribution in [0, 0.1) is 11.8 Å². The number of carbonyl (C=O) groups is 2. The van der Waals surface area contributed by atoms with Gasteiger partial charge in [-0.25, -0.2) is 4.79 Å². The van der Waals surface area contributed by atoms with Crippen LogP contribution in [-0.4, -0.2) is 67.8 Å². The fraction of sp³-hybridized carbons (Fsp3) is 0.619. The van der Waals surface area contributed by atoms with E-state index in [1.54, 1.807) is 31.4 Å². The third kappa shape index (κ3) is 8.98. The van der Waals surface area contributed by atoms with Crippen molar-refractivity contribution in [2.45, 2.75) is 38.8 Å². The number of aliphatic hydroxyl groups excluding tert-OH is 1. The number of nitrogens with one attached hydrogen (secondary N) is 2. The van der Waals surface area contributed by atoms with Gasteiger partial charge in [0, 0.05) is 33.2 Å². The van der Waals surface area contributed by atoms with E-state index in [9.17, 15) is 14.7 Å². The molecule has 2 unspecified atom stereocenters. The smallest absolute Gasteiger partial charge is 0.404 e. The van der Waals surface area contributed by atoms with Crippen LogP contribution in [0.4, 0.5) is 4.79 Å². The van der Waals surface area contributed by atoms with Crippen LogP contribution in [-0.2, 0) is 4.74 Å².